The molecule has 1 amide bonds. The third-order valence-electron chi connectivity index (χ3n) is 4.85. The highest BCUT2D eigenvalue weighted by Crippen LogP contribution is 2.38. The molecule has 0 aromatic heterocycles. The Labute approximate surface area is 164 Å². The Kier molecular flexibility index (Phi) is 5.73. The molecule has 0 unspecified atom stereocenters. The summed E-state index contributed by atoms with van der Waals surface area (Å²) < 4.78 is 21.7. The molecule has 148 valence electrons. The number of hydrogen-bond donors (Lipinski definition) is 1. The molecule has 2 aromatic rings. The Bertz CT molecular complexity index is 923. The van der Waals surface area contributed by atoms with E-state index in [1.54, 1.807) is 34.5 Å². The molecule has 0 radical (unpaired) electrons. The zero-order valence-electron chi connectivity index (χ0n) is 16.7. The van der Waals surface area contributed by atoms with Gasteiger partial charge in [0.05, 0.1) is 40.1 Å². The van der Waals surface area contributed by atoms with Crippen molar-refractivity contribution in [2.45, 2.75) is 19.3 Å². The van der Waals surface area contributed by atoms with Gasteiger partial charge in [0.15, 0.2) is 23.0 Å². The van der Waals surface area contributed by atoms with Crippen LogP contribution in [0.3, 0.4) is 0 Å². The summed E-state index contributed by atoms with van der Waals surface area (Å²) in [5.74, 6) is 1.82. The zero-order chi connectivity index (χ0) is 20.3. The first-order chi connectivity index (χ1) is 13.6. The highest BCUT2D eigenvalue weighted by atomic mass is 16.5. The summed E-state index contributed by atoms with van der Waals surface area (Å²) in [5, 5.41) is 4.40. The topological polar surface area (TPSA) is 78.4 Å². The van der Waals surface area contributed by atoms with E-state index in [0.717, 1.165) is 16.7 Å². The van der Waals surface area contributed by atoms with Crippen molar-refractivity contribution in [3.8, 4) is 23.0 Å². The third kappa shape index (κ3) is 3.35. The van der Waals surface area contributed by atoms with E-state index in [2.05, 4.69) is 10.5 Å². The Morgan fingerprint density at radius 2 is 1.50 bits per heavy atom. The summed E-state index contributed by atoms with van der Waals surface area (Å²) >= 11 is 0. The van der Waals surface area contributed by atoms with Crippen LogP contribution in [0.1, 0.15) is 36.0 Å². The molecule has 3 rings (SSSR count). The number of carbonyl (C=O) groups is 1. The summed E-state index contributed by atoms with van der Waals surface area (Å²) in [4.78, 5) is 12.6. The second kappa shape index (κ2) is 8.21. The summed E-state index contributed by atoms with van der Waals surface area (Å²) in [7, 11) is 6.31. The molecule has 0 spiro atoms. The van der Waals surface area contributed by atoms with E-state index in [-0.39, 0.29) is 11.8 Å². The molecule has 1 aliphatic rings. The van der Waals surface area contributed by atoms with Crippen LogP contribution in [0.2, 0.25) is 0 Å². The minimum atomic E-state index is -0.351. The van der Waals surface area contributed by atoms with E-state index >= 15 is 0 Å². The lowest BCUT2D eigenvalue weighted by molar-refractivity contribution is -0.122. The van der Waals surface area contributed by atoms with Crippen molar-refractivity contribution in [3.05, 3.63) is 47.0 Å². The Balaban J connectivity index is 2.24. The summed E-state index contributed by atoms with van der Waals surface area (Å²) in [6.45, 7) is 1.96. The van der Waals surface area contributed by atoms with Crippen LogP contribution >= 0.6 is 0 Å². The van der Waals surface area contributed by atoms with Gasteiger partial charge < -0.3 is 18.9 Å². The van der Waals surface area contributed by atoms with Crippen molar-refractivity contribution in [3.63, 3.8) is 0 Å². The fraction of sp³-hybridized carbons (Fsp3) is 0.333. The largest absolute Gasteiger partial charge is 0.493 e. The summed E-state index contributed by atoms with van der Waals surface area (Å²) in [6.07, 6.45) is 0.628. The number of carbonyl (C=O) groups excluding carboxylic acids is 1. The average molecular weight is 384 g/mol. The van der Waals surface area contributed by atoms with E-state index in [4.69, 9.17) is 18.9 Å². The second-order valence-electron chi connectivity index (χ2n) is 6.26. The Morgan fingerprint density at radius 1 is 0.893 bits per heavy atom. The van der Waals surface area contributed by atoms with Crippen molar-refractivity contribution in [1.82, 2.24) is 5.43 Å². The minimum absolute atomic E-state index is 0.161. The summed E-state index contributed by atoms with van der Waals surface area (Å²) in [6, 6.07) is 9.22. The predicted molar refractivity (Wildman–Crippen MR) is 106 cm³/mol. The van der Waals surface area contributed by atoms with Crippen LogP contribution in [-0.4, -0.2) is 40.1 Å². The van der Waals surface area contributed by atoms with Gasteiger partial charge in [-0.1, -0.05) is 6.92 Å². The van der Waals surface area contributed by atoms with Gasteiger partial charge in [0.1, 0.15) is 0 Å². The van der Waals surface area contributed by atoms with Crippen molar-refractivity contribution in [2.24, 2.45) is 5.10 Å². The molecule has 7 heteroatoms. The normalized spacial score (nSPS) is 15.7. The molecule has 0 bridgehead atoms. The number of benzene rings is 2. The monoisotopic (exact) mass is 384 g/mol. The fourth-order valence-corrected chi connectivity index (χ4v) is 3.39. The first kappa shape index (κ1) is 19.5. The maximum absolute atomic E-state index is 12.6. The molecule has 1 heterocycles. The van der Waals surface area contributed by atoms with Gasteiger partial charge in [-0.2, -0.15) is 5.10 Å². The first-order valence-electron chi connectivity index (χ1n) is 8.94. The number of rotatable bonds is 6. The van der Waals surface area contributed by atoms with Gasteiger partial charge in [-0.05, 0) is 42.3 Å². The maximum Gasteiger partial charge on any atom is 0.247 e. The van der Waals surface area contributed by atoms with E-state index in [1.165, 1.54) is 0 Å². The van der Waals surface area contributed by atoms with Gasteiger partial charge >= 0.3 is 0 Å². The van der Waals surface area contributed by atoms with Crippen LogP contribution in [0.15, 0.2) is 35.4 Å². The molecular formula is C21H24N2O5. The van der Waals surface area contributed by atoms with Gasteiger partial charge in [0, 0.05) is 11.1 Å². The number of fused-ring (bicyclic) bond motifs is 1. The molecule has 0 aliphatic carbocycles. The standard InChI is InChI=1S/C21H24N2O5/c1-6-13-14-10-18(27-4)19(28-5)11-15(14)20(22-23-21(13)24)12-7-8-16(25-2)17(9-12)26-3/h7-11,13H,6H2,1-5H3,(H,23,24)/t13-/m1/s1. The van der Waals surface area contributed by atoms with Crippen LogP contribution in [0.4, 0.5) is 0 Å². The minimum Gasteiger partial charge on any atom is -0.493 e. The van der Waals surface area contributed by atoms with Crippen molar-refractivity contribution in [2.75, 3.05) is 28.4 Å². The van der Waals surface area contributed by atoms with Gasteiger partial charge in [-0.3, -0.25) is 4.79 Å². The van der Waals surface area contributed by atoms with E-state index in [1.807, 2.05) is 31.2 Å². The fourth-order valence-electron chi connectivity index (χ4n) is 3.39. The van der Waals surface area contributed by atoms with Gasteiger partial charge in [0.25, 0.3) is 0 Å². The molecule has 0 saturated carbocycles. The molecule has 1 N–H and O–H groups in total. The van der Waals surface area contributed by atoms with E-state index in [0.29, 0.717) is 35.1 Å². The molecule has 1 aliphatic heterocycles. The highest BCUT2D eigenvalue weighted by molar-refractivity contribution is 6.16. The quantitative estimate of drug-likeness (QED) is 0.828. The molecule has 1 atom stereocenters. The van der Waals surface area contributed by atoms with Crippen LogP contribution in [-0.2, 0) is 4.79 Å². The third-order valence-corrected chi connectivity index (χ3v) is 4.85. The average Bonchev–Trinajstić information content (AvgIpc) is 2.87. The summed E-state index contributed by atoms with van der Waals surface area (Å²) in [5.41, 5.74) is 5.71. The second-order valence-corrected chi connectivity index (χ2v) is 6.26. The number of ether oxygens (including phenoxy) is 4. The van der Waals surface area contributed by atoms with Gasteiger partial charge in [0.2, 0.25) is 5.91 Å². The molecule has 7 nitrogen and oxygen atoms in total. The SMILES string of the molecule is CC[C@H]1C(=O)NN=C(c2ccc(OC)c(OC)c2)c2cc(OC)c(OC)cc21. The van der Waals surface area contributed by atoms with Crippen LogP contribution < -0.4 is 24.4 Å². The van der Waals surface area contributed by atoms with Crippen LogP contribution in [0.5, 0.6) is 23.0 Å². The first-order valence-corrected chi connectivity index (χ1v) is 8.94. The van der Waals surface area contributed by atoms with Gasteiger partial charge in [-0.25, -0.2) is 5.43 Å². The highest BCUT2D eigenvalue weighted by Gasteiger charge is 2.29. The van der Waals surface area contributed by atoms with E-state index < -0.39 is 0 Å². The van der Waals surface area contributed by atoms with Crippen molar-refractivity contribution < 1.29 is 23.7 Å². The number of nitrogens with one attached hydrogen (secondary N) is 1. The molecule has 0 fully saturated rings. The number of amides is 1. The van der Waals surface area contributed by atoms with Gasteiger partial charge in [-0.15, -0.1) is 0 Å². The van der Waals surface area contributed by atoms with Crippen molar-refractivity contribution in [1.29, 1.82) is 0 Å². The molecular weight excluding hydrogens is 360 g/mol. The Morgan fingerprint density at radius 3 is 2.11 bits per heavy atom. The number of methoxy groups -OCH3 is 4. The van der Waals surface area contributed by atoms with E-state index in [9.17, 15) is 4.79 Å². The smallest absolute Gasteiger partial charge is 0.247 e. The molecule has 28 heavy (non-hydrogen) atoms. The molecule has 0 saturated heterocycles. The lowest BCUT2D eigenvalue weighted by Gasteiger charge is -2.18. The van der Waals surface area contributed by atoms with Crippen molar-refractivity contribution >= 4 is 11.6 Å². The predicted octanol–water partition coefficient (Wildman–Crippen LogP) is 3.10. The van der Waals surface area contributed by atoms with Crippen LogP contribution in [0, 0.1) is 0 Å². The number of hydrogen-bond acceptors (Lipinski definition) is 6. The maximum atomic E-state index is 12.6. The molecule has 2 aromatic carbocycles. The lowest BCUT2D eigenvalue weighted by atomic mass is 9.87. The van der Waals surface area contributed by atoms with Crippen LogP contribution in [0.25, 0.3) is 0 Å². The Hall–Kier alpha value is -3.22. The number of nitrogens with zero attached hydrogens (tertiary/aromatic N) is 1. The zero-order valence-corrected chi connectivity index (χ0v) is 16.7. The lowest BCUT2D eigenvalue weighted by Crippen LogP contribution is -2.23. The number of hydrazone groups is 1.